The number of nitrogens with one attached hydrogen (secondary N) is 1. The fourth-order valence-electron chi connectivity index (χ4n) is 3.41. The van der Waals surface area contributed by atoms with Gasteiger partial charge in [-0.2, -0.15) is 0 Å². The molecule has 2 heterocycles. The third kappa shape index (κ3) is 3.57. The summed E-state index contributed by atoms with van der Waals surface area (Å²) in [4.78, 5) is 19.4. The zero-order valence-electron chi connectivity index (χ0n) is 15.2. The predicted molar refractivity (Wildman–Crippen MR) is 108 cm³/mol. The van der Waals surface area contributed by atoms with Crippen molar-refractivity contribution >= 4 is 33.7 Å². The van der Waals surface area contributed by atoms with Crippen LogP contribution in [-0.4, -0.2) is 37.2 Å². The molecule has 1 aromatic heterocycles. The Hall–Kier alpha value is -3.12. The quantitative estimate of drug-likeness (QED) is 0.699. The fourth-order valence-corrected chi connectivity index (χ4v) is 3.41. The molecule has 1 fully saturated rings. The second-order valence-electron chi connectivity index (χ2n) is 6.71. The van der Waals surface area contributed by atoms with Crippen LogP contribution in [0.4, 0.5) is 17.1 Å². The Balaban J connectivity index is 1.56. The van der Waals surface area contributed by atoms with Crippen molar-refractivity contribution < 1.29 is 9.53 Å². The van der Waals surface area contributed by atoms with Crippen LogP contribution in [0.3, 0.4) is 0 Å². The van der Waals surface area contributed by atoms with Crippen molar-refractivity contribution in [3.8, 4) is 0 Å². The molecule has 0 atom stereocenters. The van der Waals surface area contributed by atoms with Gasteiger partial charge in [0.05, 0.1) is 13.2 Å². The molecular formula is C21H22N4O2. The van der Waals surface area contributed by atoms with Gasteiger partial charge in [-0.3, -0.25) is 9.78 Å². The number of nitrogens with two attached hydrogens (primary N) is 1. The van der Waals surface area contributed by atoms with Gasteiger partial charge in [-0.25, -0.2) is 0 Å². The van der Waals surface area contributed by atoms with Gasteiger partial charge in [-0.1, -0.05) is 0 Å². The van der Waals surface area contributed by atoms with Crippen LogP contribution in [0.1, 0.15) is 16.1 Å². The van der Waals surface area contributed by atoms with Crippen LogP contribution in [0, 0.1) is 6.92 Å². The third-order valence-corrected chi connectivity index (χ3v) is 4.77. The first-order chi connectivity index (χ1) is 13.1. The van der Waals surface area contributed by atoms with Crippen molar-refractivity contribution in [2.24, 2.45) is 0 Å². The third-order valence-electron chi connectivity index (χ3n) is 4.77. The zero-order valence-corrected chi connectivity index (χ0v) is 15.2. The Kier molecular flexibility index (Phi) is 4.64. The second kappa shape index (κ2) is 7.25. The van der Waals surface area contributed by atoms with E-state index in [9.17, 15) is 4.79 Å². The molecular weight excluding hydrogens is 340 g/mol. The summed E-state index contributed by atoms with van der Waals surface area (Å²) in [5.74, 6) is -0.246. The SMILES string of the molecule is Cc1cc(N)c2ccnc(C(=O)Nc3ccc(N4CCOCC4)cc3)c2c1. The summed E-state index contributed by atoms with van der Waals surface area (Å²) in [5.41, 5.74) is 9.98. The van der Waals surface area contributed by atoms with E-state index in [1.165, 1.54) is 0 Å². The van der Waals surface area contributed by atoms with Crippen LogP contribution < -0.4 is 16.0 Å². The van der Waals surface area contributed by atoms with Gasteiger partial charge in [0.2, 0.25) is 0 Å². The van der Waals surface area contributed by atoms with E-state index in [1.807, 2.05) is 49.4 Å². The van der Waals surface area contributed by atoms with Crippen molar-refractivity contribution in [2.45, 2.75) is 6.92 Å². The maximum absolute atomic E-state index is 12.8. The number of aryl methyl sites for hydroxylation is 1. The minimum Gasteiger partial charge on any atom is -0.398 e. The first-order valence-corrected chi connectivity index (χ1v) is 9.01. The molecule has 6 nitrogen and oxygen atoms in total. The molecule has 0 bridgehead atoms. The number of nitrogen functional groups attached to an aromatic ring is 1. The summed E-state index contributed by atoms with van der Waals surface area (Å²) < 4.78 is 5.38. The average Bonchev–Trinajstić information content (AvgIpc) is 2.69. The maximum atomic E-state index is 12.8. The van der Waals surface area contributed by atoms with Crippen molar-refractivity contribution in [2.75, 3.05) is 42.3 Å². The van der Waals surface area contributed by atoms with Gasteiger partial charge in [0.1, 0.15) is 5.69 Å². The highest BCUT2D eigenvalue weighted by molar-refractivity contribution is 6.13. The normalized spacial score (nSPS) is 14.3. The number of amides is 1. The Morgan fingerprint density at radius 3 is 2.59 bits per heavy atom. The Labute approximate surface area is 157 Å². The summed E-state index contributed by atoms with van der Waals surface area (Å²) in [6.07, 6.45) is 1.62. The highest BCUT2D eigenvalue weighted by Crippen LogP contribution is 2.26. The van der Waals surface area contributed by atoms with E-state index in [1.54, 1.807) is 6.20 Å². The number of carbonyl (C=O) groups is 1. The van der Waals surface area contributed by atoms with Crippen LogP contribution >= 0.6 is 0 Å². The number of nitrogens with zero attached hydrogens (tertiary/aromatic N) is 2. The molecule has 6 heteroatoms. The average molecular weight is 362 g/mol. The molecule has 0 unspecified atom stereocenters. The molecule has 0 aliphatic carbocycles. The highest BCUT2D eigenvalue weighted by Gasteiger charge is 2.15. The van der Waals surface area contributed by atoms with Crippen LogP contribution in [-0.2, 0) is 4.74 Å². The van der Waals surface area contributed by atoms with Crippen LogP contribution in [0.15, 0.2) is 48.7 Å². The molecule has 3 N–H and O–H groups in total. The molecule has 0 spiro atoms. The first-order valence-electron chi connectivity index (χ1n) is 9.01. The number of hydrogen-bond donors (Lipinski definition) is 2. The Morgan fingerprint density at radius 1 is 1.11 bits per heavy atom. The van der Waals surface area contributed by atoms with Gasteiger partial charge < -0.3 is 20.7 Å². The highest BCUT2D eigenvalue weighted by atomic mass is 16.5. The van der Waals surface area contributed by atoms with Crippen LogP contribution in [0.5, 0.6) is 0 Å². The van der Waals surface area contributed by atoms with E-state index in [-0.39, 0.29) is 5.91 Å². The number of morpholine rings is 1. The lowest BCUT2D eigenvalue weighted by Gasteiger charge is -2.28. The minimum absolute atomic E-state index is 0.246. The second-order valence-corrected chi connectivity index (χ2v) is 6.71. The lowest BCUT2D eigenvalue weighted by atomic mass is 10.0. The van der Waals surface area contributed by atoms with E-state index in [2.05, 4.69) is 15.2 Å². The number of rotatable bonds is 3. The van der Waals surface area contributed by atoms with Gasteiger partial charge in [-0.15, -0.1) is 0 Å². The van der Waals surface area contributed by atoms with Crippen molar-refractivity contribution in [3.05, 3.63) is 59.9 Å². The van der Waals surface area contributed by atoms with Gasteiger partial charge in [0, 0.05) is 47.1 Å². The number of fused-ring (bicyclic) bond motifs is 1. The number of carbonyl (C=O) groups excluding carboxylic acids is 1. The Bertz CT molecular complexity index is 979. The monoisotopic (exact) mass is 362 g/mol. The van der Waals surface area contributed by atoms with Crippen molar-refractivity contribution in [1.29, 1.82) is 0 Å². The minimum atomic E-state index is -0.246. The smallest absolute Gasteiger partial charge is 0.274 e. The van der Waals surface area contributed by atoms with Gasteiger partial charge in [0.25, 0.3) is 5.91 Å². The molecule has 27 heavy (non-hydrogen) atoms. The summed E-state index contributed by atoms with van der Waals surface area (Å²) >= 11 is 0. The maximum Gasteiger partial charge on any atom is 0.274 e. The number of pyridine rings is 1. The molecule has 0 radical (unpaired) electrons. The van der Waals surface area contributed by atoms with E-state index in [0.717, 1.165) is 54.0 Å². The summed E-state index contributed by atoms with van der Waals surface area (Å²) in [7, 11) is 0. The molecule has 1 amide bonds. The zero-order chi connectivity index (χ0) is 18.8. The number of ether oxygens (including phenoxy) is 1. The fraction of sp³-hybridized carbons (Fsp3) is 0.238. The van der Waals surface area contributed by atoms with E-state index in [0.29, 0.717) is 11.4 Å². The van der Waals surface area contributed by atoms with E-state index in [4.69, 9.17) is 10.5 Å². The molecule has 0 saturated carbocycles. The number of aromatic nitrogens is 1. The van der Waals surface area contributed by atoms with Crippen molar-refractivity contribution in [1.82, 2.24) is 4.98 Å². The van der Waals surface area contributed by atoms with E-state index >= 15 is 0 Å². The summed E-state index contributed by atoms with van der Waals surface area (Å²) in [6, 6.07) is 13.5. The predicted octanol–water partition coefficient (Wildman–Crippen LogP) is 3.21. The lowest BCUT2D eigenvalue weighted by molar-refractivity contribution is 0.102. The molecule has 138 valence electrons. The topological polar surface area (TPSA) is 80.5 Å². The molecule has 1 aliphatic heterocycles. The number of hydrogen-bond acceptors (Lipinski definition) is 5. The van der Waals surface area contributed by atoms with Crippen LogP contribution in [0.25, 0.3) is 10.8 Å². The lowest BCUT2D eigenvalue weighted by Crippen LogP contribution is -2.36. The van der Waals surface area contributed by atoms with Crippen LogP contribution in [0.2, 0.25) is 0 Å². The summed E-state index contributed by atoms with van der Waals surface area (Å²) in [6.45, 7) is 5.20. The largest absolute Gasteiger partial charge is 0.398 e. The molecule has 1 saturated heterocycles. The number of benzene rings is 2. The van der Waals surface area contributed by atoms with Gasteiger partial charge in [-0.05, 0) is 55.0 Å². The van der Waals surface area contributed by atoms with Gasteiger partial charge >= 0.3 is 0 Å². The molecule has 3 aromatic rings. The molecule has 4 rings (SSSR count). The summed E-state index contributed by atoms with van der Waals surface area (Å²) in [5, 5.41) is 4.53. The molecule has 1 aliphatic rings. The van der Waals surface area contributed by atoms with Crippen molar-refractivity contribution in [3.63, 3.8) is 0 Å². The number of anilines is 3. The van der Waals surface area contributed by atoms with Gasteiger partial charge in [0.15, 0.2) is 0 Å². The Morgan fingerprint density at radius 2 is 1.85 bits per heavy atom. The molecule has 2 aromatic carbocycles. The standard InChI is InChI=1S/C21H22N4O2/c1-14-12-18-17(19(22)13-14)6-7-23-20(18)21(26)24-15-2-4-16(5-3-15)25-8-10-27-11-9-25/h2-7,12-13H,8-11,22H2,1H3,(H,24,26). The first kappa shape index (κ1) is 17.3. The van der Waals surface area contributed by atoms with E-state index < -0.39 is 0 Å².